The minimum atomic E-state index is -0.560. The van der Waals surface area contributed by atoms with Gasteiger partial charge in [-0.1, -0.05) is 50.6 Å². The van der Waals surface area contributed by atoms with Gasteiger partial charge in [0.15, 0.2) is 0 Å². The molecular formula is C44H42O8. The molecule has 0 bridgehead atoms. The summed E-state index contributed by atoms with van der Waals surface area (Å²) in [6.07, 6.45) is 5.82. The van der Waals surface area contributed by atoms with Crippen molar-refractivity contribution >= 4 is 17.9 Å². The van der Waals surface area contributed by atoms with Gasteiger partial charge in [-0.15, -0.1) is 6.58 Å². The van der Waals surface area contributed by atoms with Gasteiger partial charge in [-0.3, -0.25) is 0 Å². The van der Waals surface area contributed by atoms with Crippen molar-refractivity contribution in [1.29, 1.82) is 0 Å². The number of hydrogen-bond acceptors (Lipinski definition) is 8. The second kappa shape index (κ2) is 18.7. The summed E-state index contributed by atoms with van der Waals surface area (Å²) in [7, 11) is 0. The summed E-state index contributed by atoms with van der Waals surface area (Å²) in [6.45, 7) is 9.17. The molecular weight excluding hydrogens is 656 g/mol. The SMILES string of the molecule is C=CCCCCOc1ccc(C(=O)Oc2ccc(C(=O)Oc3ccc(-c4cccc(OC(=O)c5ccc(OC[C@@H](C)CC)cc5)c4)cc3)cc2)cc1. The van der Waals surface area contributed by atoms with Crippen LogP contribution in [0.1, 0.15) is 70.6 Å². The van der Waals surface area contributed by atoms with Crippen LogP contribution in [0.3, 0.4) is 0 Å². The van der Waals surface area contributed by atoms with Crippen LogP contribution in [0.5, 0.6) is 28.7 Å². The maximum atomic E-state index is 12.8. The summed E-state index contributed by atoms with van der Waals surface area (Å²) in [5.74, 6) is 1.33. The van der Waals surface area contributed by atoms with Crippen LogP contribution in [0, 0.1) is 5.92 Å². The molecule has 5 aromatic rings. The highest BCUT2D eigenvalue weighted by atomic mass is 16.5. The molecule has 0 fully saturated rings. The molecule has 0 aliphatic carbocycles. The maximum absolute atomic E-state index is 12.8. The van der Waals surface area contributed by atoms with E-state index in [4.69, 9.17) is 23.7 Å². The Hall–Kier alpha value is -6.15. The summed E-state index contributed by atoms with van der Waals surface area (Å²) >= 11 is 0. The van der Waals surface area contributed by atoms with Crippen LogP contribution in [-0.4, -0.2) is 31.1 Å². The molecule has 0 saturated carbocycles. The molecule has 5 aromatic carbocycles. The van der Waals surface area contributed by atoms with Crippen molar-refractivity contribution in [3.63, 3.8) is 0 Å². The molecule has 5 rings (SSSR count). The zero-order valence-corrected chi connectivity index (χ0v) is 29.4. The molecule has 0 spiro atoms. The van der Waals surface area contributed by atoms with E-state index in [0.717, 1.165) is 36.8 Å². The van der Waals surface area contributed by atoms with Crippen molar-refractivity contribution in [2.24, 2.45) is 5.92 Å². The Balaban J connectivity index is 1.10. The molecule has 1 atom stereocenters. The van der Waals surface area contributed by atoms with E-state index in [1.165, 1.54) is 24.3 Å². The molecule has 0 radical (unpaired) electrons. The summed E-state index contributed by atoms with van der Waals surface area (Å²) in [5.41, 5.74) is 2.75. The standard InChI is InChI=1S/C44H42O8/c1-4-6-7-8-28-48-37-20-14-33(15-21-37)42(45)51-40-26-18-35(19-27-40)43(46)50-39-24-12-32(13-25-39)36-10-9-11-41(29-36)52-44(47)34-16-22-38(23-17-34)49-30-31(3)5-2/h4,9-27,29,31H,1,5-8,28,30H2,2-3H3/t31-/m0/s1. The van der Waals surface area contributed by atoms with E-state index in [1.54, 1.807) is 78.9 Å². The Labute approximate surface area is 304 Å². The number of ether oxygens (including phenoxy) is 5. The molecule has 52 heavy (non-hydrogen) atoms. The van der Waals surface area contributed by atoms with Crippen molar-refractivity contribution in [3.8, 4) is 39.9 Å². The topological polar surface area (TPSA) is 97.4 Å². The molecule has 0 saturated heterocycles. The lowest BCUT2D eigenvalue weighted by molar-refractivity contribution is 0.0723. The highest BCUT2D eigenvalue weighted by molar-refractivity contribution is 5.93. The van der Waals surface area contributed by atoms with E-state index in [1.807, 2.05) is 24.3 Å². The number of rotatable bonds is 17. The number of esters is 3. The Morgan fingerprint density at radius 3 is 1.58 bits per heavy atom. The Bertz CT molecular complexity index is 1930. The lowest BCUT2D eigenvalue weighted by Crippen LogP contribution is -2.10. The quantitative estimate of drug-likeness (QED) is 0.0410. The van der Waals surface area contributed by atoms with Gasteiger partial charge in [-0.25, -0.2) is 14.4 Å². The molecule has 0 aromatic heterocycles. The third kappa shape index (κ3) is 10.9. The predicted octanol–water partition coefficient (Wildman–Crippen LogP) is 10.2. The first-order valence-electron chi connectivity index (χ1n) is 17.3. The number of carbonyl (C=O) groups is 3. The van der Waals surface area contributed by atoms with Crippen molar-refractivity contribution in [3.05, 3.63) is 151 Å². The third-order valence-electron chi connectivity index (χ3n) is 8.23. The fourth-order valence-electron chi connectivity index (χ4n) is 4.92. The molecule has 0 heterocycles. The minimum Gasteiger partial charge on any atom is -0.494 e. The zero-order valence-electron chi connectivity index (χ0n) is 29.4. The summed E-state index contributed by atoms with van der Waals surface area (Å²) in [5, 5.41) is 0. The first kappa shape index (κ1) is 37.1. The van der Waals surface area contributed by atoms with Crippen molar-refractivity contribution in [2.45, 2.75) is 39.5 Å². The van der Waals surface area contributed by atoms with Crippen LogP contribution in [0.25, 0.3) is 11.1 Å². The van der Waals surface area contributed by atoms with Gasteiger partial charge in [0.2, 0.25) is 0 Å². The predicted molar refractivity (Wildman–Crippen MR) is 201 cm³/mol. The van der Waals surface area contributed by atoms with Gasteiger partial charge in [0.1, 0.15) is 28.7 Å². The van der Waals surface area contributed by atoms with Gasteiger partial charge < -0.3 is 23.7 Å². The van der Waals surface area contributed by atoms with Gasteiger partial charge in [0, 0.05) is 0 Å². The van der Waals surface area contributed by atoms with Crippen molar-refractivity contribution in [2.75, 3.05) is 13.2 Å². The molecule has 8 nitrogen and oxygen atoms in total. The molecule has 0 unspecified atom stereocenters. The molecule has 0 aliphatic heterocycles. The summed E-state index contributed by atoms with van der Waals surface area (Å²) < 4.78 is 28.2. The van der Waals surface area contributed by atoms with Crippen LogP contribution in [0.15, 0.2) is 134 Å². The van der Waals surface area contributed by atoms with E-state index in [0.29, 0.717) is 64.6 Å². The van der Waals surface area contributed by atoms with Crippen LogP contribution in [0.2, 0.25) is 0 Å². The average molecular weight is 699 g/mol. The molecule has 0 aliphatic rings. The smallest absolute Gasteiger partial charge is 0.343 e. The van der Waals surface area contributed by atoms with Gasteiger partial charge in [-0.05, 0) is 133 Å². The second-order valence-electron chi connectivity index (χ2n) is 12.3. The van der Waals surface area contributed by atoms with Gasteiger partial charge in [0.05, 0.1) is 29.9 Å². The van der Waals surface area contributed by atoms with E-state index < -0.39 is 17.9 Å². The van der Waals surface area contributed by atoms with E-state index in [-0.39, 0.29) is 0 Å². The number of unbranched alkanes of at least 4 members (excludes halogenated alkanes) is 2. The fourth-order valence-corrected chi connectivity index (χ4v) is 4.92. The van der Waals surface area contributed by atoms with Crippen molar-refractivity contribution < 1.29 is 38.1 Å². The van der Waals surface area contributed by atoms with Crippen LogP contribution in [-0.2, 0) is 0 Å². The normalized spacial score (nSPS) is 11.2. The largest absolute Gasteiger partial charge is 0.494 e. The first-order valence-corrected chi connectivity index (χ1v) is 17.3. The van der Waals surface area contributed by atoms with Crippen LogP contribution >= 0.6 is 0 Å². The summed E-state index contributed by atoms with van der Waals surface area (Å²) in [6, 6.07) is 34.0. The first-order chi connectivity index (χ1) is 25.3. The third-order valence-corrected chi connectivity index (χ3v) is 8.23. The summed E-state index contributed by atoms with van der Waals surface area (Å²) in [4.78, 5) is 38.3. The van der Waals surface area contributed by atoms with E-state index in [9.17, 15) is 14.4 Å². The number of hydrogen-bond donors (Lipinski definition) is 0. The Kier molecular flexibility index (Phi) is 13.4. The minimum absolute atomic E-state index is 0.293. The Morgan fingerprint density at radius 1 is 0.577 bits per heavy atom. The lowest BCUT2D eigenvalue weighted by Gasteiger charge is -2.11. The number of carbonyl (C=O) groups excluding carboxylic acids is 3. The monoisotopic (exact) mass is 698 g/mol. The van der Waals surface area contributed by atoms with E-state index in [2.05, 4.69) is 20.4 Å². The zero-order chi connectivity index (χ0) is 36.7. The van der Waals surface area contributed by atoms with Gasteiger partial charge in [-0.2, -0.15) is 0 Å². The number of allylic oxidation sites excluding steroid dienone is 1. The molecule has 266 valence electrons. The number of benzene rings is 5. The fraction of sp³-hybridized carbons (Fsp3) is 0.205. The van der Waals surface area contributed by atoms with Crippen molar-refractivity contribution in [1.82, 2.24) is 0 Å². The van der Waals surface area contributed by atoms with Crippen LogP contribution < -0.4 is 23.7 Å². The lowest BCUT2D eigenvalue weighted by atomic mass is 10.1. The molecule has 0 amide bonds. The van der Waals surface area contributed by atoms with Gasteiger partial charge >= 0.3 is 17.9 Å². The average Bonchev–Trinajstić information content (AvgIpc) is 3.18. The second-order valence-corrected chi connectivity index (χ2v) is 12.3. The van der Waals surface area contributed by atoms with Crippen LogP contribution in [0.4, 0.5) is 0 Å². The molecule has 8 heteroatoms. The molecule has 0 N–H and O–H groups in total. The Morgan fingerprint density at radius 2 is 1.06 bits per heavy atom. The highest BCUT2D eigenvalue weighted by Gasteiger charge is 2.14. The van der Waals surface area contributed by atoms with Gasteiger partial charge in [0.25, 0.3) is 0 Å². The maximum Gasteiger partial charge on any atom is 0.343 e. The van der Waals surface area contributed by atoms with E-state index >= 15 is 0 Å². The highest BCUT2D eigenvalue weighted by Crippen LogP contribution is 2.27.